The molecule has 0 aromatic carbocycles. The quantitative estimate of drug-likeness (QED) is 0.571. The van der Waals surface area contributed by atoms with Crippen molar-refractivity contribution in [2.24, 2.45) is 0 Å². The van der Waals surface area contributed by atoms with Crippen molar-refractivity contribution in [1.82, 2.24) is 5.32 Å². The molecule has 0 spiro atoms. The Balaban J connectivity index is 2.19. The lowest BCUT2D eigenvalue weighted by Gasteiger charge is -2.18. The van der Waals surface area contributed by atoms with Crippen LogP contribution in [0.4, 0.5) is 0 Å². The summed E-state index contributed by atoms with van der Waals surface area (Å²) in [7, 11) is 0. The molecule has 1 aliphatic heterocycles. The van der Waals surface area contributed by atoms with Crippen LogP contribution >= 0.6 is 11.8 Å². The molecule has 1 heterocycles. The fraction of sp³-hybridized carbons (Fsp3) is 0.857. The maximum atomic E-state index is 10.6. The Labute approximate surface area is 65.8 Å². The van der Waals surface area contributed by atoms with Crippen molar-refractivity contribution in [3.05, 3.63) is 0 Å². The maximum Gasteiger partial charge on any atom is 0.186 e. The lowest BCUT2D eigenvalue weighted by atomic mass is 10.2. The van der Waals surface area contributed by atoms with Crippen molar-refractivity contribution in [1.29, 1.82) is 0 Å². The minimum absolute atomic E-state index is 0.243. The highest BCUT2D eigenvalue weighted by molar-refractivity contribution is 8.14. The number of piperidine rings is 1. The zero-order chi connectivity index (χ0) is 7.40. The summed E-state index contributed by atoms with van der Waals surface area (Å²) in [5.41, 5.74) is 0. The largest absolute Gasteiger partial charge is 0.288 e. The predicted octanol–water partition coefficient (Wildman–Crippen LogP) is 1.03. The van der Waals surface area contributed by atoms with Gasteiger partial charge < -0.3 is 0 Å². The van der Waals surface area contributed by atoms with Gasteiger partial charge in [-0.2, -0.15) is 0 Å². The summed E-state index contributed by atoms with van der Waals surface area (Å²) in [6.45, 7) is 3.53. The van der Waals surface area contributed by atoms with Gasteiger partial charge in [0.2, 0.25) is 0 Å². The third kappa shape index (κ3) is 2.71. The topological polar surface area (TPSA) is 31.2 Å². The number of hydrogen-bond donors (Lipinski definition) is 0. The van der Waals surface area contributed by atoms with E-state index in [9.17, 15) is 4.79 Å². The van der Waals surface area contributed by atoms with Crippen molar-refractivity contribution in [3.8, 4) is 0 Å². The highest BCUT2D eigenvalue weighted by Crippen LogP contribution is 2.20. The lowest BCUT2D eigenvalue weighted by Crippen LogP contribution is -2.24. The summed E-state index contributed by atoms with van der Waals surface area (Å²) in [6.07, 6.45) is 2.18. The highest BCUT2D eigenvalue weighted by Gasteiger charge is 2.15. The molecule has 0 bridgehead atoms. The molecule has 57 valence electrons. The average molecular weight is 158 g/mol. The normalized spacial score (nSPS) is 20.9. The molecule has 3 heteroatoms. The Morgan fingerprint density at radius 2 is 2.10 bits per heavy atom. The maximum absolute atomic E-state index is 10.6. The number of carbonyl (C=O) groups is 1. The van der Waals surface area contributed by atoms with E-state index in [4.69, 9.17) is 0 Å². The van der Waals surface area contributed by atoms with Crippen LogP contribution in [-0.4, -0.2) is 23.5 Å². The van der Waals surface area contributed by atoms with Crippen molar-refractivity contribution in [2.75, 3.05) is 13.1 Å². The van der Waals surface area contributed by atoms with Crippen LogP contribution in [0.2, 0.25) is 0 Å². The SMILES string of the molecule is CC(=O)SC1CC[N]CC1. The molecule has 0 aromatic heterocycles. The van der Waals surface area contributed by atoms with E-state index in [2.05, 4.69) is 5.32 Å². The first kappa shape index (κ1) is 8.08. The van der Waals surface area contributed by atoms with E-state index in [-0.39, 0.29) is 5.12 Å². The van der Waals surface area contributed by atoms with Crippen LogP contribution in [-0.2, 0) is 4.79 Å². The number of hydrogen-bond acceptors (Lipinski definition) is 2. The van der Waals surface area contributed by atoms with E-state index in [0.29, 0.717) is 5.25 Å². The zero-order valence-electron chi connectivity index (χ0n) is 6.17. The van der Waals surface area contributed by atoms with Crippen LogP contribution < -0.4 is 5.32 Å². The minimum atomic E-state index is 0.243. The molecule has 1 radical (unpaired) electrons. The molecule has 1 fully saturated rings. The Kier molecular flexibility index (Phi) is 3.22. The van der Waals surface area contributed by atoms with Crippen LogP contribution in [0.15, 0.2) is 0 Å². The first-order valence-electron chi connectivity index (χ1n) is 3.59. The first-order valence-corrected chi connectivity index (χ1v) is 4.47. The molecule has 1 rings (SSSR count). The summed E-state index contributed by atoms with van der Waals surface area (Å²) in [6, 6.07) is 0. The summed E-state index contributed by atoms with van der Waals surface area (Å²) >= 11 is 1.48. The second-order valence-corrected chi connectivity index (χ2v) is 3.96. The first-order chi connectivity index (χ1) is 4.79. The van der Waals surface area contributed by atoms with Gasteiger partial charge >= 0.3 is 0 Å². The van der Waals surface area contributed by atoms with Gasteiger partial charge in [-0.1, -0.05) is 11.8 Å². The molecule has 0 aromatic rings. The number of thioether (sulfide) groups is 1. The Morgan fingerprint density at radius 3 is 2.60 bits per heavy atom. The van der Waals surface area contributed by atoms with Crippen molar-refractivity contribution in [2.45, 2.75) is 25.0 Å². The van der Waals surface area contributed by atoms with Gasteiger partial charge in [0.25, 0.3) is 0 Å². The van der Waals surface area contributed by atoms with Crippen molar-refractivity contribution >= 4 is 16.9 Å². The fourth-order valence-electron chi connectivity index (χ4n) is 1.08. The molecule has 0 N–H and O–H groups in total. The van der Waals surface area contributed by atoms with Gasteiger partial charge in [-0.25, -0.2) is 5.32 Å². The van der Waals surface area contributed by atoms with Gasteiger partial charge in [-0.15, -0.1) is 0 Å². The summed E-state index contributed by atoms with van der Waals surface area (Å²) < 4.78 is 0. The fourth-order valence-corrected chi connectivity index (χ4v) is 2.00. The van der Waals surface area contributed by atoms with E-state index in [1.54, 1.807) is 6.92 Å². The van der Waals surface area contributed by atoms with Gasteiger partial charge in [-0.05, 0) is 12.8 Å². The van der Waals surface area contributed by atoms with Crippen LogP contribution in [0.1, 0.15) is 19.8 Å². The molecule has 2 nitrogen and oxygen atoms in total. The Hall–Kier alpha value is -0.0200. The van der Waals surface area contributed by atoms with Gasteiger partial charge in [0.15, 0.2) is 5.12 Å². The van der Waals surface area contributed by atoms with E-state index in [0.717, 1.165) is 25.9 Å². The monoisotopic (exact) mass is 158 g/mol. The number of nitrogens with zero attached hydrogens (tertiary/aromatic N) is 1. The number of carbonyl (C=O) groups excluding carboxylic acids is 1. The van der Waals surface area contributed by atoms with Crippen LogP contribution in [0.3, 0.4) is 0 Å². The Bertz CT molecular complexity index is 121. The molecule has 0 saturated carbocycles. The van der Waals surface area contributed by atoms with Gasteiger partial charge in [0.1, 0.15) is 0 Å². The lowest BCUT2D eigenvalue weighted by molar-refractivity contribution is -0.109. The van der Waals surface area contributed by atoms with E-state index < -0.39 is 0 Å². The second kappa shape index (κ2) is 3.98. The average Bonchev–Trinajstić information content (AvgIpc) is 1.88. The molecule has 10 heavy (non-hydrogen) atoms. The zero-order valence-corrected chi connectivity index (χ0v) is 6.99. The van der Waals surface area contributed by atoms with Gasteiger partial charge in [0, 0.05) is 25.3 Å². The van der Waals surface area contributed by atoms with Crippen molar-refractivity contribution in [3.63, 3.8) is 0 Å². The summed E-state index contributed by atoms with van der Waals surface area (Å²) in [5, 5.41) is 5.00. The molecule has 0 atom stereocenters. The van der Waals surface area contributed by atoms with Gasteiger partial charge in [0.05, 0.1) is 0 Å². The molecule has 1 aliphatic rings. The molecular formula is C7H12NOS. The van der Waals surface area contributed by atoms with E-state index >= 15 is 0 Å². The van der Waals surface area contributed by atoms with Crippen molar-refractivity contribution < 1.29 is 4.79 Å². The Morgan fingerprint density at radius 1 is 1.50 bits per heavy atom. The standard InChI is InChI=1S/C7H12NOS/c1-6(9)10-7-2-4-8-5-3-7/h7H,2-5H2,1H3. The van der Waals surface area contributed by atoms with Crippen LogP contribution in [0.5, 0.6) is 0 Å². The molecular weight excluding hydrogens is 146 g/mol. The molecule has 0 unspecified atom stereocenters. The van der Waals surface area contributed by atoms with E-state index in [1.165, 1.54) is 11.8 Å². The molecule has 1 saturated heterocycles. The van der Waals surface area contributed by atoms with E-state index in [1.807, 2.05) is 0 Å². The third-order valence-electron chi connectivity index (χ3n) is 1.55. The number of rotatable bonds is 1. The predicted molar refractivity (Wildman–Crippen MR) is 43.2 cm³/mol. The summed E-state index contributed by atoms with van der Waals surface area (Å²) in [4.78, 5) is 10.6. The second-order valence-electron chi connectivity index (χ2n) is 2.48. The smallest absolute Gasteiger partial charge is 0.186 e. The van der Waals surface area contributed by atoms with Gasteiger partial charge in [-0.3, -0.25) is 4.79 Å². The molecule has 0 amide bonds. The summed E-state index contributed by atoms with van der Waals surface area (Å²) in [5.74, 6) is 0. The van der Waals surface area contributed by atoms with Crippen LogP contribution in [0.25, 0.3) is 0 Å². The van der Waals surface area contributed by atoms with Crippen LogP contribution in [0, 0.1) is 0 Å². The minimum Gasteiger partial charge on any atom is -0.288 e. The third-order valence-corrected chi connectivity index (χ3v) is 2.69. The molecule has 0 aliphatic carbocycles. The highest BCUT2D eigenvalue weighted by atomic mass is 32.2.